The summed E-state index contributed by atoms with van der Waals surface area (Å²) in [7, 11) is 1.36. The molecule has 0 spiro atoms. The summed E-state index contributed by atoms with van der Waals surface area (Å²) < 4.78 is 79.8. The quantitative estimate of drug-likeness (QED) is 0.306. The molecule has 1 heterocycles. The lowest BCUT2D eigenvalue weighted by Crippen LogP contribution is -2.25. The van der Waals surface area contributed by atoms with Crippen LogP contribution in [0.4, 0.5) is 27.6 Å². The molecule has 1 aromatic heterocycles. The van der Waals surface area contributed by atoms with Gasteiger partial charge in [0.25, 0.3) is 5.56 Å². The van der Waals surface area contributed by atoms with Crippen molar-refractivity contribution in [2.45, 2.75) is 13.1 Å². The molecule has 0 aliphatic carbocycles. The van der Waals surface area contributed by atoms with Gasteiger partial charge in [0.2, 0.25) is 0 Å². The Kier molecular flexibility index (Phi) is 7.52. The second-order valence-corrected chi connectivity index (χ2v) is 7.91. The Bertz CT molecular complexity index is 1200. The van der Waals surface area contributed by atoms with Gasteiger partial charge >= 0.3 is 6.18 Å². The predicted molar refractivity (Wildman–Crippen MR) is 117 cm³/mol. The number of aromatic nitrogens is 1. The van der Waals surface area contributed by atoms with Crippen LogP contribution in [0.5, 0.6) is 17.2 Å². The van der Waals surface area contributed by atoms with E-state index < -0.39 is 35.7 Å². The van der Waals surface area contributed by atoms with Gasteiger partial charge in [0.05, 0.1) is 0 Å². The number of benzene rings is 2. The Balaban J connectivity index is 2.08. The molecule has 0 saturated carbocycles. The standard InChI is InChI=1S/C22H19F5N2O3S/c1-3-33-28-15-5-7-18(32-19-6-4-14(23)9-17(19)24)16(10-15)13-8-20(21(30)29(2)11-13)31-12-22(25,26)27/h4-11,28H,3,12H2,1-2H3. The Morgan fingerprint density at radius 2 is 1.76 bits per heavy atom. The molecule has 0 aliphatic rings. The van der Waals surface area contributed by atoms with Crippen LogP contribution >= 0.6 is 11.9 Å². The molecule has 33 heavy (non-hydrogen) atoms. The largest absolute Gasteiger partial charge is 0.478 e. The second kappa shape index (κ2) is 10.2. The number of ether oxygens (including phenoxy) is 2. The highest BCUT2D eigenvalue weighted by Gasteiger charge is 2.29. The number of pyridine rings is 1. The van der Waals surface area contributed by atoms with Gasteiger partial charge in [-0.1, -0.05) is 18.9 Å². The molecule has 0 atom stereocenters. The Hall–Kier alpha value is -3.21. The van der Waals surface area contributed by atoms with Crippen molar-refractivity contribution in [3.8, 4) is 28.4 Å². The third-order valence-corrected chi connectivity index (χ3v) is 4.95. The van der Waals surface area contributed by atoms with Crippen LogP contribution < -0.4 is 19.8 Å². The Morgan fingerprint density at radius 3 is 2.42 bits per heavy atom. The van der Waals surface area contributed by atoms with Crippen LogP contribution in [0.3, 0.4) is 0 Å². The van der Waals surface area contributed by atoms with E-state index in [9.17, 15) is 26.7 Å². The molecular formula is C22H19F5N2O3S. The SMILES string of the molecule is CCSNc1ccc(Oc2ccc(F)cc2F)c(-c2cc(OCC(F)(F)F)c(=O)n(C)c2)c1. The summed E-state index contributed by atoms with van der Waals surface area (Å²) in [6.45, 7) is 0.301. The van der Waals surface area contributed by atoms with Crippen molar-refractivity contribution in [1.82, 2.24) is 4.57 Å². The summed E-state index contributed by atoms with van der Waals surface area (Å²) >= 11 is 1.40. The lowest BCUT2D eigenvalue weighted by molar-refractivity contribution is -0.153. The maximum atomic E-state index is 14.2. The molecule has 11 heteroatoms. The zero-order valence-electron chi connectivity index (χ0n) is 17.5. The highest BCUT2D eigenvalue weighted by molar-refractivity contribution is 8.00. The summed E-state index contributed by atoms with van der Waals surface area (Å²) in [5, 5.41) is 0. The van der Waals surface area contributed by atoms with E-state index in [1.807, 2.05) is 6.92 Å². The maximum absolute atomic E-state index is 14.2. The highest BCUT2D eigenvalue weighted by Crippen LogP contribution is 2.37. The molecule has 0 aliphatic heterocycles. The summed E-state index contributed by atoms with van der Waals surface area (Å²) in [4.78, 5) is 12.3. The topological polar surface area (TPSA) is 52.5 Å². The van der Waals surface area contributed by atoms with Gasteiger partial charge in [0.1, 0.15) is 11.6 Å². The number of rotatable bonds is 8. The highest BCUT2D eigenvalue weighted by atomic mass is 32.2. The van der Waals surface area contributed by atoms with E-state index in [0.29, 0.717) is 17.3 Å². The van der Waals surface area contributed by atoms with Crippen molar-refractivity contribution in [2.24, 2.45) is 7.05 Å². The third-order valence-electron chi connectivity index (χ3n) is 4.28. The Morgan fingerprint density at radius 1 is 1.03 bits per heavy atom. The van der Waals surface area contributed by atoms with Crippen LogP contribution in [0.25, 0.3) is 11.1 Å². The van der Waals surface area contributed by atoms with Gasteiger partial charge in [-0.15, -0.1) is 0 Å². The first-order chi connectivity index (χ1) is 15.6. The van der Waals surface area contributed by atoms with Crippen LogP contribution in [0.1, 0.15) is 6.92 Å². The average molecular weight is 486 g/mol. The molecule has 2 aromatic carbocycles. The van der Waals surface area contributed by atoms with Crippen molar-refractivity contribution in [3.05, 3.63) is 70.6 Å². The fraction of sp³-hybridized carbons (Fsp3) is 0.227. The summed E-state index contributed by atoms with van der Waals surface area (Å²) in [5.74, 6) is -1.58. The molecule has 0 fully saturated rings. The van der Waals surface area contributed by atoms with E-state index in [0.717, 1.165) is 28.5 Å². The lowest BCUT2D eigenvalue weighted by atomic mass is 10.1. The van der Waals surface area contributed by atoms with Crippen LogP contribution in [0.15, 0.2) is 53.5 Å². The van der Waals surface area contributed by atoms with Crippen LogP contribution in [0, 0.1) is 11.6 Å². The first-order valence-electron chi connectivity index (χ1n) is 9.62. The first-order valence-corrected chi connectivity index (χ1v) is 10.6. The maximum Gasteiger partial charge on any atom is 0.422 e. The van der Waals surface area contributed by atoms with Crippen LogP contribution in [0.2, 0.25) is 0 Å². The van der Waals surface area contributed by atoms with Crippen molar-refractivity contribution < 1.29 is 31.4 Å². The fourth-order valence-electron chi connectivity index (χ4n) is 2.83. The van der Waals surface area contributed by atoms with Crippen LogP contribution in [-0.4, -0.2) is 23.1 Å². The number of alkyl halides is 3. The van der Waals surface area contributed by atoms with Crippen molar-refractivity contribution in [1.29, 1.82) is 0 Å². The number of anilines is 1. The number of halogens is 5. The molecule has 0 unspecified atom stereocenters. The third kappa shape index (κ3) is 6.41. The predicted octanol–water partition coefficient (Wildman–Crippen LogP) is 6.14. The zero-order chi connectivity index (χ0) is 24.2. The van der Waals surface area contributed by atoms with Gasteiger partial charge in [-0.3, -0.25) is 4.79 Å². The van der Waals surface area contributed by atoms with E-state index in [1.165, 1.54) is 31.3 Å². The summed E-state index contributed by atoms with van der Waals surface area (Å²) in [5.41, 5.74) is 0.506. The average Bonchev–Trinajstić information content (AvgIpc) is 2.75. The minimum Gasteiger partial charge on any atom is -0.478 e. The minimum absolute atomic E-state index is 0.132. The van der Waals surface area contributed by atoms with Gasteiger partial charge < -0.3 is 18.8 Å². The number of aryl methyl sites for hydroxylation is 1. The Labute approximate surface area is 190 Å². The normalized spacial score (nSPS) is 11.4. The first kappa shape index (κ1) is 24.4. The van der Waals surface area contributed by atoms with E-state index >= 15 is 0 Å². The summed E-state index contributed by atoms with van der Waals surface area (Å²) in [6.07, 6.45) is -3.24. The monoisotopic (exact) mass is 486 g/mol. The lowest BCUT2D eigenvalue weighted by Gasteiger charge is -2.16. The van der Waals surface area contributed by atoms with Crippen molar-refractivity contribution in [2.75, 3.05) is 17.1 Å². The second-order valence-electron chi connectivity index (χ2n) is 6.84. The van der Waals surface area contributed by atoms with Crippen molar-refractivity contribution >= 4 is 17.6 Å². The molecule has 0 saturated heterocycles. The van der Waals surface area contributed by atoms with Crippen molar-refractivity contribution in [3.63, 3.8) is 0 Å². The van der Waals surface area contributed by atoms with E-state index in [2.05, 4.69) is 4.72 Å². The summed E-state index contributed by atoms with van der Waals surface area (Å²) in [6, 6.07) is 8.79. The van der Waals surface area contributed by atoms with Gasteiger partial charge in [0, 0.05) is 41.9 Å². The molecular weight excluding hydrogens is 467 g/mol. The van der Waals surface area contributed by atoms with E-state index in [-0.39, 0.29) is 17.1 Å². The van der Waals surface area contributed by atoms with Gasteiger partial charge in [0.15, 0.2) is 23.9 Å². The van der Waals surface area contributed by atoms with Gasteiger partial charge in [-0.25, -0.2) is 8.78 Å². The van der Waals surface area contributed by atoms with Gasteiger partial charge in [-0.05, 0) is 36.4 Å². The number of hydrogen-bond acceptors (Lipinski definition) is 5. The molecule has 0 radical (unpaired) electrons. The number of nitrogens with one attached hydrogen (secondary N) is 1. The molecule has 5 nitrogen and oxygen atoms in total. The van der Waals surface area contributed by atoms with Crippen LogP contribution in [-0.2, 0) is 7.05 Å². The van der Waals surface area contributed by atoms with E-state index in [4.69, 9.17) is 9.47 Å². The molecule has 176 valence electrons. The smallest absolute Gasteiger partial charge is 0.422 e. The molecule has 0 bridgehead atoms. The fourth-order valence-corrected chi connectivity index (χ4v) is 3.27. The number of nitrogens with zero attached hydrogens (tertiary/aromatic N) is 1. The molecule has 3 rings (SSSR count). The van der Waals surface area contributed by atoms with E-state index in [1.54, 1.807) is 12.1 Å². The minimum atomic E-state index is -4.63. The van der Waals surface area contributed by atoms with Gasteiger partial charge in [-0.2, -0.15) is 13.2 Å². The molecule has 0 amide bonds. The number of hydrogen-bond donors (Lipinski definition) is 1. The molecule has 3 aromatic rings. The molecule has 1 N–H and O–H groups in total. The zero-order valence-corrected chi connectivity index (χ0v) is 18.3.